The average molecular weight is 496 g/mol. The molecule has 1 saturated heterocycles. The molecule has 0 aliphatic carbocycles. The number of sulfonamides is 1. The molecular formula is C23H31F2N5O3S. The number of piperazine rings is 1. The highest BCUT2D eigenvalue weighted by Gasteiger charge is 2.26. The van der Waals surface area contributed by atoms with Crippen LogP contribution in [0, 0.1) is 11.6 Å². The van der Waals surface area contributed by atoms with E-state index in [1.54, 1.807) is 13.0 Å². The quantitative estimate of drug-likeness (QED) is 0.462. The second kappa shape index (κ2) is 10.7. The number of H-pyrrole nitrogens is 1. The number of carbonyl (C=O) groups excluding carboxylic acids is 1. The van der Waals surface area contributed by atoms with E-state index in [0.717, 1.165) is 43.9 Å². The number of hydrogen-bond donors (Lipinski definition) is 3. The van der Waals surface area contributed by atoms with Gasteiger partial charge in [-0.3, -0.25) is 14.4 Å². The number of halogens is 2. The molecule has 0 atom stereocenters. The van der Waals surface area contributed by atoms with Gasteiger partial charge >= 0.3 is 0 Å². The number of nitrogen functional groups attached to an aromatic ring is 1. The van der Waals surface area contributed by atoms with Crippen LogP contribution in [0.5, 0.6) is 0 Å². The monoisotopic (exact) mass is 495 g/mol. The van der Waals surface area contributed by atoms with Crippen LogP contribution in [0.1, 0.15) is 41.8 Å². The van der Waals surface area contributed by atoms with Crippen molar-refractivity contribution in [1.29, 1.82) is 0 Å². The highest BCUT2D eigenvalue weighted by atomic mass is 32.2. The number of carbonyl (C=O) groups is 1. The Hall–Kier alpha value is -2.76. The summed E-state index contributed by atoms with van der Waals surface area (Å²) in [6, 6.07) is 1.82. The topological polar surface area (TPSA) is 112 Å². The van der Waals surface area contributed by atoms with E-state index >= 15 is 4.39 Å². The fourth-order valence-electron chi connectivity index (χ4n) is 3.91. The van der Waals surface area contributed by atoms with Crippen LogP contribution in [0.25, 0.3) is 6.08 Å². The molecule has 34 heavy (non-hydrogen) atoms. The molecule has 2 heterocycles. The van der Waals surface area contributed by atoms with Gasteiger partial charge < -0.3 is 15.6 Å². The maximum Gasteiger partial charge on any atom is 0.232 e. The second-order valence-corrected chi connectivity index (χ2v) is 10.5. The van der Waals surface area contributed by atoms with Gasteiger partial charge in [0.25, 0.3) is 0 Å². The van der Waals surface area contributed by atoms with E-state index in [4.69, 9.17) is 5.73 Å². The maximum atomic E-state index is 15.1. The van der Waals surface area contributed by atoms with Gasteiger partial charge in [0.05, 0.1) is 17.0 Å². The molecule has 2 aromatic rings. The number of nitrogens with two attached hydrogens (primary N) is 1. The molecule has 1 aromatic heterocycles. The molecule has 0 bridgehead atoms. The summed E-state index contributed by atoms with van der Waals surface area (Å²) in [4.78, 5) is 20.5. The van der Waals surface area contributed by atoms with E-state index in [1.165, 1.54) is 6.20 Å². The Morgan fingerprint density at radius 2 is 1.91 bits per heavy atom. The van der Waals surface area contributed by atoms with Crippen LogP contribution in [-0.2, 0) is 10.0 Å². The van der Waals surface area contributed by atoms with Gasteiger partial charge in [-0.2, -0.15) is 0 Å². The number of ketones is 1. The predicted molar refractivity (Wildman–Crippen MR) is 130 cm³/mol. The molecule has 8 nitrogen and oxygen atoms in total. The molecule has 1 fully saturated rings. The lowest BCUT2D eigenvalue weighted by Gasteiger charge is -2.32. The Morgan fingerprint density at radius 3 is 2.56 bits per heavy atom. The third-order valence-corrected chi connectivity index (χ3v) is 7.19. The first-order valence-electron chi connectivity index (χ1n) is 11.1. The first-order chi connectivity index (χ1) is 16.0. The van der Waals surface area contributed by atoms with Crippen LogP contribution >= 0.6 is 0 Å². The van der Waals surface area contributed by atoms with E-state index in [2.05, 4.69) is 26.6 Å². The third kappa shape index (κ3) is 6.02. The number of likely N-dealkylation sites (N-methyl/N-ethyl adjacent to an activating group) is 1. The van der Waals surface area contributed by atoms with E-state index in [1.807, 2.05) is 6.92 Å². The number of benzene rings is 1. The number of anilines is 2. The zero-order valence-electron chi connectivity index (χ0n) is 19.6. The minimum atomic E-state index is -3.83. The fraction of sp³-hybridized carbons (Fsp3) is 0.435. The van der Waals surface area contributed by atoms with E-state index < -0.39 is 38.7 Å². The molecule has 186 valence electrons. The van der Waals surface area contributed by atoms with Crippen molar-refractivity contribution in [3.8, 4) is 0 Å². The molecule has 0 saturated carbocycles. The first-order valence-corrected chi connectivity index (χ1v) is 12.8. The van der Waals surface area contributed by atoms with Gasteiger partial charge in [0, 0.05) is 50.0 Å². The summed E-state index contributed by atoms with van der Waals surface area (Å²) < 4.78 is 55.9. The van der Waals surface area contributed by atoms with Crippen molar-refractivity contribution in [2.24, 2.45) is 0 Å². The Balaban J connectivity index is 1.91. The standard InChI is InChI=1S/C23H31F2N5O3S/c1-4-11-34(32,33)28-19-6-5-18(24)20(21(19)25)22(31)17-13-27-23(26)16(17)12-15(2)14-30-9-7-29(3)8-10-30/h5-6,12-13,27-28H,4,7-11,14,26H2,1-3H3. The van der Waals surface area contributed by atoms with Crippen molar-refractivity contribution >= 4 is 33.4 Å². The lowest BCUT2D eigenvalue weighted by Crippen LogP contribution is -2.44. The van der Waals surface area contributed by atoms with Crippen molar-refractivity contribution in [1.82, 2.24) is 14.8 Å². The smallest absolute Gasteiger partial charge is 0.232 e. The summed E-state index contributed by atoms with van der Waals surface area (Å²) in [6.07, 6.45) is 3.36. The molecule has 3 rings (SSSR count). The molecular weight excluding hydrogens is 464 g/mol. The summed E-state index contributed by atoms with van der Waals surface area (Å²) in [5.41, 5.74) is 5.98. The molecule has 0 spiro atoms. The number of aromatic nitrogens is 1. The second-order valence-electron chi connectivity index (χ2n) is 8.63. The Kier molecular flexibility index (Phi) is 8.11. The van der Waals surface area contributed by atoms with Crippen LogP contribution in [0.4, 0.5) is 20.3 Å². The van der Waals surface area contributed by atoms with Crippen LogP contribution in [0.15, 0.2) is 23.9 Å². The van der Waals surface area contributed by atoms with Crippen molar-refractivity contribution in [2.45, 2.75) is 20.3 Å². The highest BCUT2D eigenvalue weighted by molar-refractivity contribution is 7.92. The fourth-order valence-corrected chi connectivity index (χ4v) is 5.04. The normalized spacial score (nSPS) is 16.1. The highest BCUT2D eigenvalue weighted by Crippen LogP contribution is 2.28. The lowest BCUT2D eigenvalue weighted by atomic mass is 9.99. The largest absolute Gasteiger partial charge is 0.385 e. The molecule has 0 radical (unpaired) electrons. The van der Waals surface area contributed by atoms with E-state index in [9.17, 15) is 17.6 Å². The molecule has 0 unspecified atom stereocenters. The first kappa shape index (κ1) is 25.9. The van der Waals surface area contributed by atoms with Gasteiger partial charge in [-0.25, -0.2) is 17.2 Å². The van der Waals surface area contributed by atoms with Gasteiger partial charge in [0.2, 0.25) is 15.8 Å². The molecule has 1 aliphatic rings. The van der Waals surface area contributed by atoms with Crippen LogP contribution in [0.2, 0.25) is 0 Å². The Bertz CT molecular complexity index is 1190. The summed E-state index contributed by atoms with van der Waals surface area (Å²) in [6.45, 7) is 7.97. The summed E-state index contributed by atoms with van der Waals surface area (Å²) in [7, 11) is -1.76. The number of aromatic amines is 1. The molecule has 0 amide bonds. The van der Waals surface area contributed by atoms with Crippen LogP contribution in [-0.4, -0.2) is 74.5 Å². The predicted octanol–water partition coefficient (Wildman–Crippen LogP) is 2.91. The van der Waals surface area contributed by atoms with Gasteiger partial charge in [-0.05, 0) is 32.5 Å². The van der Waals surface area contributed by atoms with Gasteiger partial charge in [-0.15, -0.1) is 0 Å². The lowest BCUT2D eigenvalue weighted by molar-refractivity contribution is 0.103. The molecule has 11 heteroatoms. The molecule has 1 aliphatic heterocycles. The molecule has 1 aromatic carbocycles. The maximum absolute atomic E-state index is 15.1. The SMILES string of the molecule is CCCS(=O)(=O)Nc1ccc(F)c(C(=O)c2c[nH]c(N)c2C=C(C)CN2CCN(C)CC2)c1F. The van der Waals surface area contributed by atoms with E-state index in [0.29, 0.717) is 18.5 Å². The Labute approximate surface area is 198 Å². The Morgan fingerprint density at radius 1 is 1.24 bits per heavy atom. The van der Waals surface area contributed by atoms with Gasteiger partial charge in [0.15, 0.2) is 5.82 Å². The van der Waals surface area contributed by atoms with Crippen LogP contribution < -0.4 is 10.5 Å². The number of nitrogens with one attached hydrogen (secondary N) is 2. The molecule has 4 N–H and O–H groups in total. The van der Waals surface area contributed by atoms with Gasteiger partial charge in [-0.1, -0.05) is 18.6 Å². The van der Waals surface area contributed by atoms with Crippen molar-refractivity contribution in [2.75, 3.05) is 56.0 Å². The summed E-state index contributed by atoms with van der Waals surface area (Å²) >= 11 is 0. The van der Waals surface area contributed by atoms with Crippen LogP contribution in [0.3, 0.4) is 0 Å². The number of hydrogen-bond acceptors (Lipinski definition) is 6. The average Bonchev–Trinajstić information content (AvgIpc) is 3.12. The van der Waals surface area contributed by atoms with Crippen molar-refractivity contribution in [3.63, 3.8) is 0 Å². The van der Waals surface area contributed by atoms with Crippen molar-refractivity contribution in [3.05, 3.63) is 52.2 Å². The third-order valence-electron chi connectivity index (χ3n) is 5.71. The zero-order chi connectivity index (χ0) is 25.0. The van der Waals surface area contributed by atoms with Gasteiger partial charge in [0.1, 0.15) is 11.6 Å². The zero-order valence-corrected chi connectivity index (χ0v) is 20.4. The summed E-state index contributed by atoms with van der Waals surface area (Å²) in [5, 5.41) is 0. The number of rotatable bonds is 9. The number of nitrogens with zero attached hydrogens (tertiary/aromatic N) is 2. The van der Waals surface area contributed by atoms with Crippen molar-refractivity contribution < 1.29 is 22.0 Å². The van der Waals surface area contributed by atoms with E-state index in [-0.39, 0.29) is 17.1 Å². The minimum Gasteiger partial charge on any atom is -0.385 e. The minimum absolute atomic E-state index is 0.00147. The summed E-state index contributed by atoms with van der Waals surface area (Å²) in [5.74, 6) is -3.33.